The number of hydrogen-bond donors (Lipinski definition) is 2. The van der Waals surface area contributed by atoms with Gasteiger partial charge >= 0.3 is 0 Å². The number of rotatable bonds is 5. The maximum Gasteiger partial charge on any atom is 0.227 e. The highest BCUT2D eigenvalue weighted by Gasteiger charge is 2.35. The first-order chi connectivity index (χ1) is 10.8. The Morgan fingerprint density at radius 1 is 1.35 bits per heavy atom. The van der Waals surface area contributed by atoms with Gasteiger partial charge in [-0.15, -0.1) is 0 Å². The van der Waals surface area contributed by atoms with Gasteiger partial charge in [-0.1, -0.05) is 13.8 Å². The van der Waals surface area contributed by atoms with Gasteiger partial charge in [0.15, 0.2) is 0 Å². The topological polar surface area (TPSA) is 69.6 Å². The lowest BCUT2D eigenvalue weighted by atomic mass is 10.1. The number of amides is 2. The first-order valence-corrected chi connectivity index (χ1v) is 7.50. The van der Waals surface area contributed by atoms with E-state index in [0.717, 1.165) is 18.2 Å². The molecule has 1 saturated heterocycles. The molecule has 7 heteroatoms. The van der Waals surface area contributed by atoms with Crippen LogP contribution in [0.25, 0.3) is 0 Å². The molecule has 0 saturated carbocycles. The summed E-state index contributed by atoms with van der Waals surface area (Å²) in [6, 6.07) is 2.84. The highest BCUT2D eigenvalue weighted by Crippen LogP contribution is 2.26. The van der Waals surface area contributed by atoms with Crippen LogP contribution in [-0.4, -0.2) is 36.1 Å². The van der Waals surface area contributed by atoms with E-state index < -0.39 is 23.7 Å². The third-order valence-electron chi connectivity index (χ3n) is 3.91. The highest BCUT2D eigenvalue weighted by atomic mass is 19.1. The molecule has 1 aliphatic rings. The van der Waals surface area contributed by atoms with Gasteiger partial charge in [-0.2, -0.15) is 0 Å². The molecule has 1 aromatic rings. The van der Waals surface area contributed by atoms with Gasteiger partial charge in [0.1, 0.15) is 11.6 Å². The third-order valence-corrected chi connectivity index (χ3v) is 3.91. The summed E-state index contributed by atoms with van der Waals surface area (Å²) in [6.07, 6.45) is -0.689. The Bertz CT molecular complexity index is 587. The van der Waals surface area contributed by atoms with Gasteiger partial charge in [-0.25, -0.2) is 8.78 Å². The quantitative estimate of drug-likeness (QED) is 0.860. The molecule has 5 nitrogen and oxygen atoms in total. The maximum absolute atomic E-state index is 13.3. The lowest BCUT2D eigenvalue weighted by Gasteiger charge is -2.18. The Morgan fingerprint density at radius 2 is 1.96 bits per heavy atom. The lowest BCUT2D eigenvalue weighted by molar-refractivity contribution is -0.126. The monoisotopic (exact) mass is 326 g/mol. The van der Waals surface area contributed by atoms with Crippen LogP contribution in [0.4, 0.5) is 14.5 Å². The summed E-state index contributed by atoms with van der Waals surface area (Å²) in [6.45, 7) is 3.83. The largest absolute Gasteiger partial charge is 0.391 e. The number of carbonyl (C=O) groups excluding carboxylic acids is 2. The fourth-order valence-corrected chi connectivity index (χ4v) is 2.41. The molecule has 1 aliphatic heterocycles. The van der Waals surface area contributed by atoms with E-state index in [1.165, 1.54) is 4.90 Å². The van der Waals surface area contributed by atoms with Crippen LogP contribution in [0.2, 0.25) is 0 Å². The molecule has 2 atom stereocenters. The zero-order valence-electron chi connectivity index (χ0n) is 13.1. The number of anilines is 1. The average Bonchev–Trinajstić information content (AvgIpc) is 2.85. The predicted molar refractivity (Wildman–Crippen MR) is 80.7 cm³/mol. The Morgan fingerprint density at radius 3 is 2.52 bits per heavy atom. The summed E-state index contributed by atoms with van der Waals surface area (Å²) in [5.74, 6) is -2.86. The maximum atomic E-state index is 13.3. The predicted octanol–water partition coefficient (Wildman–Crippen LogP) is 1.45. The van der Waals surface area contributed by atoms with Crippen molar-refractivity contribution in [3.05, 3.63) is 29.8 Å². The molecule has 1 heterocycles. The summed E-state index contributed by atoms with van der Waals surface area (Å²) in [5, 5.41) is 12.3. The summed E-state index contributed by atoms with van der Waals surface area (Å²) < 4.78 is 26.5. The summed E-state index contributed by atoms with van der Waals surface area (Å²) in [4.78, 5) is 25.3. The highest BCUT2D eigenvalue weighted by molar-refractivity contribution is 6.00. The minimum Gasteiger partial charge on any atom is -0.391 e. The Balaban J connectivity index is 2.00. The van der Waals surface area contributed by atoms with Crippen molar-refractivity contribution in [1.82, 2.24) is 5.32 Å². The number of nitrogens with zero attached hydrogens (tertiary/aromatic N) is 1. The van der Waals surface area contributed by atoms with Crippen LogP contribution in [0.15, 0.2) is 18.2 Å². The first kappa shape index (κ1) is 17.3. The molecule has 0 aliphatic carbocycles. The van der Waals surface area contributed by atoms with Crippen molar-refractivity contribution in [2.75, 3.05) is 18.0 Å². The van der Waals surface area contributed by atoms with Crippen molar-refractivity contribution in [2.45, 2.75) is 26.4 Å². The van der Waals surface area contributed by atoms with E-state index in [1.807, 2.05) is 13.8 Å². The van der Waals surface area contributed by atoms with Crippen molar-refractivity contribution in [2.24, 2.45) is 11.8 Å². The second kappa shape index (κ2) is 7.04. The van der Waals surface area contributed by atoms with Crippen LogP contribution in [0, 0.1) is 23.5 Å². The van der Waals surface area contributed by atoms with Crippen LogP contribution >= 0.6 is 0 Å². The SMILES string of the molecule is CC(C)C(O)CNC(=O)C1CC(=O)N(c2cc(F)cc(F)c2)C1. The van der Waals surface area contributed by atoms with Crippen molar-refractivity contribution < 1.29 is 23.5 Å². The Kier molecular flexibility index (Phi) is 5.30. The van der Waals surface area contributed by atoms with Crippen LogP contribution in [-0.2, 0) is 9.59 Å². The molecular weight excluding hydrogens is 306 g/mol. The van der Waals surface area contributed by atoms with Crippen molar-refractivity contribution >= 4 is 17.5 Å². The molecule has 2 amide bonds. The minimum absolute atomic E-state index is 0.00674. The molecule has 2 rings (SSSR count). The van der Waals surface area contributed by atoms with Gasteiger partial charge in [-0.3, -0.25) is 9.59 Å². The summed E-state index contributed by atoms with van der Waals surface area (Å²) in [5.41, 5.74) is 0.102. The zero-order valence-corrected chi connectivity index (χ0v) is 13.1. The molecule has 2 unspecified atom stereocenters. The van der Waals surface area contributed by atoms with Crippen LogP contribution in [0.5, 0.6) is 0 Å². The number of aliphatic hydroxyl groups is 1. The number of benzene rings is 1. The van der Waals surface area contributed by atoms with Gasteiger partial charge in [0.25, 0.3) is 0 Å². The lowest BCUT2D eigenvalue weighted by Crippen LogP contribution is -2.39. The molecule has 0 spiro atoms. The van der Waals surface area contributed by atoms with E-state index in [4.69, 9.17) is 0 Å². The van der Waals surface area contributed by atoms with E-state index in [2.05, 4.69) is 5.32 Å². The van der Waals surface area contributed by atoms with Crippen LogP contribution < -0.4 is 10.2 Å². The normalized spacial score (nSPS) is 19.3. The van der Waals surface area contributed by atoms with Gasteiger partial charge < -0.3 is 15.3 Å². The fourth-order valence-electron chi connectivity index (χ4n) is 2.41. The summed E-state index contributed by atoms with van der Waals surface area (Å²) >= 11 is 0. The second-order valence-corrected chi connectivity index (χ2v) is 6.09. The van der Waals surface area contributed by atoms with Gasteiger partial charge in [0.2, 0.25) is 11.8 Å². The summed E-state index contributed by atoms with van der Waals surface area (Å²) in [7, 11) is 0. The number of hydrogen-bond acceptors (Lipinski definition) is 3. The molecule has 126 valence electrons. The zero-order chi connectivity index (χ0) is 17.1. The van der Waals surface area contributed by atoms with Crippen LogP contribution in [0.3, 0.4) is 0 Å². The second-order valence-electron chi connectivity index (χ2n) is 6.09. The molecule has 23 heavy (non-hydrogen) atoms. The molecule has 2 N–H and O–H groups in total. The standard InChI is InChI=1S/C16H20F2N2O3/c1-9(2)14(21)7-19-16(23)10-3-15(22)20(8-10)13-5-11(17)4-12(18)6-13/h4-6,9-10,14,21H,3,7-8H2,1-2H3,(H,19,23). The van der Waals surface area contributed by atoms with Crippen molar-refractivity contribution in [3.63, 3.8) is 0 Å². The molecule has 0 bridgehead atoms. The van der Waals surface area contributed by atoms with E-state index >= 15 is 0 Å². The van der Waals surface area contributed by atoms with E-state index in [0.29, 0.717) is 0 Å². The van der Waals surface area contributed by atoms with Gasteiger partial charge in [-0.05, 0) is 18.1 Å². The van der Waals surface area contributed by atoms with Crippen molar-refractivity contribution in [3.8, 4) is 0 Å². The van der Waals surface area contributed by atoms with E-state index in [1.54, 1.807) is 0 Å². The minimum atomic E-state index is -0.777. The van der Waals surface area contributed by atoms with E-state index in [-0.39, 0.29) is 42.9 Å². The van der Waals surface area contributed by atoms with Gasteiger partial charge in [0.05, 0.1) is 12.0 Å². The van der Waals surface area contributed by atoms with Crippen LogP contribution in [0.1, 0.15) is 20.3 Å². The smallest absolute Gasteiger partial charge is 0.227 e. The van der Waals surface area contributed by atoms with E-state index in [9.17, 15) is 23.5 Å². The molecule has 1 aromatic carbocycles. The molecule has 0 aromatic heterocycles. The van der Waals surface area contributed by atoms with Gasteiger partial charge in [0, 0.05) is 31.3 Å². The molecule has 0 radical (unpaired) electrons. The Labute approximate surface area is 133 Å². The first-order valence-electron chi connectivity index (χ1n) is 7.50. The molecule has 1 fully saturated rings. The number of carbonyl (C=O) groups is 2. The number of nitrogens with one attached hydrogen (secondary N) is 1. The number of aliphatic hydroxyl groups excluding tert-OH is 1. The van der Waals surface area contributed by atoms with Crippen molar-refractivity contribution in [1.29, 1.82) is 0 Å². The molecular formula is C16H20F2N2O3. The Hall–Kier alpha value is -2.02. The third kappa shape index (κ3) is 4.25. The average molecular weight is 326 g/mol. The fraction of sp³-hybridized carbons (Fsp3) is 0.500. The number of halogens is 2.